The zero-order valence-electron chi connectivity index (χ0n) is 14.4. The van der Waals surface area contributed by atoms with Crippen LogP contribution in [0.2, 0.25) is 0 Å². The minimum absolute atomic E-state index is 0.0804. The molecule has 3 aromatic carbocycles. The van der Waals surface area contributed by atoms with E-state index >= 15 is 0 Å². The maximum absolute atomic E-state index is 13.4. The van der Waals surface area contributed by atoms with Gasteiger partial charge in [0.05, 0.1) is 4.92 Å². The van der Waals surface area contributed by atoms with Gasteiger partial charge in [-0.25, -0.2) is 0 Å². The molecule has 0 radical (unpaired) electrons. The molecule has 0 fully saturated rings. The largest absolute Gasteiger partial charge is 0.322 e. The first-order valence-corrected chi connectivity index (χ1v) is 8.16. The van der Waals surface area contributed by atoms with E-state index in [2.05, 4.69) is 10.6 Å². The molecule has 0 aliphatic carbocycles. The molecule has 7 nitrogen and oxygen atoms in total. The standard InChI is InChI=1S/C20H14FN3O4/c21-17-10-9-16(12-18(17)24(27)28)23-20(26)14-7-4-8-15(11-14)22-19(25)13-5-2-1-3-6-13/h1-12H,(H,22,25)(H,23,26). The van der Waals surface area contributed by atoms with Crippen molar-refractivity contribution in [2.45, 2.75) is 0 Å². The number of nitro groups is 1. The second-order valence-electron chi connectivity index (χ2n) is 5.78. The highest BCUT2D eigenvalue weighted by Crippen LogP contribution is 2.22. The van der Waals surface area contributed by atoms with Crippen molar-refractivity contribution in [1.29, 1.82) is 0 Å². The third-order valence-corrected chi connectivity index (χ3v) is 3.82. The number of nitrogens with zero attached hydrogens (tertiary/aromatic N) is 1. The van der Waals surface area contributed by atoms with Crippen LogP contribution < -0.4 is 10.6 Å². The van der Waals surface area contributed by atoms with E-state index in [1.54, 1.807) is 42.5 Å². The summed E-state index contributed by atoms with van der Waals surface area (Å²) in [4.78, 5) is 34.5. The van der Waals surface area contributed by atoms with Crippen LogP contribution in [0.25, 0.3) is 0 Å². The Hall–Kier alpha value is -4.07. The van der Waals surface area contributed by atoms with Crippen LogP contribution in [0.15, 0.2) is 72.8 Å². The summed E-state index contributed by atoms with van der Waals surface area (Å²) in [7, 11) is 0. The molecule has 0 aliphatic rings. The number of hydrogen-bond acceptors (Lipinski definition) is 4. The molecule has 0 heterocycles. The zero-order valence-corrected chi connectivity index (χ0v) is 14.4. The fourth-order valence-electron chi connectivity index (χ4n) is 2.46. The summed E-state index contributed by atoms with van der Waals surface area (Å²) in [6.45, 7) is 0. The zero-order chi connectivity index (χ0) is 20.1. The second-order valence-corrected chi connectivity index (χ2v) is 5.78. The molecule has 3 aromatic rings. The van der Waals surface area contributed by atoms with Crippen LogP contribution in [0.4, 0.5) is 21.5 Å². The van der Waals surface area contributed by atoms with Crippen molar-refractivity contribution < 1.29 is 18.9 Å². The Morgan fingerprint density at radius 3 is 2.07 bits per heavy atom. The van der Waals surface area contributed by atoms with Crippen molar-refractivity contribution in [3.8, 4) is 0 Å². The van der Waals surface area contributed by atoms with Gasteiger partial charge in [0, 0.05) is 28.6 Å². The molecule has 2 amide bonds. The highest BCUT2D eigenvalue weighted by atomic mass is 19.1. The maximum atomic E-state index is 13.4. The van der Waals surface area contributed by atoms with Gasteiger partial charge >= 0.3 is 5.69 Å². The van der Waals surface area contributed by atoms with Gasteiger partial charge in [-0.2, -0.15) is 4.39 Å². The van der Waals surface area contributed by atoms with Gasteiger partial charge in [0.15, 0.2) is 0 Å². The van der Waals surface area contributed by atoms with Crippen LogP contribution >= 0.6 is 0 Å². The average Bonchev–Trinajstić information content (AvgIpc) is 2.70. The SMILES string of the molecule is O=C(Nc1cccc(C(=O)Nc2ccc(F)c([N+](=O)[O-])c2)c1)c1ccccc1. The lowest BCUT2D eigenvalue weighted by molar-refractivity contribution is -0.387. The van der Waals surface area contributed by atoms with E-state index in [9.17, 15) is 24.1 Å². The van der Waals surface area contributed by atoms with Gasteiger partial charge < -0.3 is 10.6 Å². The molecule has 0 aromatic heterocycles. The first kappa shape index (κ1) is 18.7. The third-order valence-electron chi connectivity index (χ3n) is 3.82. The number of nitro benzene ring substituents is 1. The molecule has 0 spiro atoms. The van der Waals surface area contributed by atoms with E-state index in [0.29, 0.717) is 11.3 Å². The van der Waals surface area contributed by atoms with Crippen LogP contribution in [0.1, 0.15) is 20.7 Å². The van der Waals surface area contributed by atoms with E-state index < -0.39 is 22.3 Å². The van der Waals surface area contributed by atoms with Gasteiger partial charge in [0.25, 0.3) is 11.8 Å². The van der Waals surface area contributed by atoms with Crippen LogP contribution in [-0.4, -0.2) is 16.7 Å². The van der Waals surface area contributed by atoms with Crippen LogP contribution in [0.3, 0.4) is 0 Å². The number of anilines is 2. The van der Waals surface area contributed by atoms with Crippen LogP contribution in [-0.2, 0) is 0 Å². The Morgan fingerprint density at radius 1 is 0.786 bits per heavy atom. The molecule has 140 valence electrons. The number of benzene rings is 3. The lowest BCUT2D eigenvalue weighted by Crippen LogP contribution is -2.14. The Kier molecular flexibility index (Phi) is 5.40. The fraction of sp³-hybridized carbons (Fsp3) is 0. The minimum Gasteiger partial charge on any atom is -0.322 e. The number of nitrogens with one attached hydrogen (secondary N) is 2. The minimum atomic E-state index is -0.992. The monoisotopic (exact) mass is 379 g/mol. The molecule has 0 unspecified atom stereocenters. The molecular weight excluding hydrogens is 365 g/mol. The van der Waals surface area contributed by atoms with Gasteiger partial charge in [0.2, 0.25) is 5.82 Å². The topological polar surface area (TPSA) is 101 Å². The number of rotatable bonds is 5. The first-order valence-electron chi connectivity index (χ1n) is 8.16. The summed E-state index contributed by atoms with van der Waals surface area (Å²) >= 11 is 0. The van der Waals surface area contributed by atoms with Gasteiger partial charge in [0.1, 0.15) is 0 Å². The summed E-state index contributed by atoms with van der Waals surface area (Å²) in [6.07, 6.45) is 0. The highest BCUT2D eigenvalue weighted by molar-refractivity contribution is 6.07. The van der Waals surface area contributed by atoms with E-state index in [1.807, 2.05) is 0 Å². The van der Waals surface area contributed by atoms with E-state index in [1.165, 1.54) is 18.2 Å². The van der Waals surface area contributed by atoms with E-state index in [-0.39, 0.29) is 17.2 Å². The van der Waals surface area contributed by atoms with Crippen LogP contribution in [0, 0.1) is 15.9 Å². The lowest BCUT2D eigenvalue weighted by Gasteiger charge is -2.09. The fourth-order valence-corrected chi connectivity index (χ4v) is 2.46. The summed E-state index contributed by atoms with van der Waals surface area (Å²) in [6, 6.07) is 17.9. The molecule has 0 saturated carbocycles. The van der Waals surface area contributed by atoms with Crippen molar-refractivity contribution in [3.05, 3.63) is 99.9 Å². The molecule has 2 N–H and O–H groups in total. The molecule has 8 heteroatoms. The third kappa shape index (κ3) is 4.36. The predicted octanol–water partition coefficient (Wildman–Crippen LogP) is 4.24. The summed E-state index contributed by atoms with van der Waals surface area (Å²) in [5.74, 6) is -1.88. The summed E-state index contributed by atoms with van der Waals surface area (Å²) in [5.41, 5.74) is 0.443. The average molecular weight is 379 g/mol. The molecular formula is C20H14FN3O4. The number of carbonyl (C=O) groups is 2. The predicted molar refractivity (Wildman–Crippen MR) is 102 cm³/mol. The molecule has 0 atom stereocenters. The molecule has 0 aliphatic heterocycles. The summed E-state index contributed by atoms with van der Waals surface area (Å²) in [5, 5.41) is 16.0. The second kappa shape index (κ2) is 8.09. The van der Waals surface area contributed by atoms with Crippen molar-refractivity contribution in [2.75, 3.05) is 10.6 Å². The van der Waals surface area contributed by atoms with Crippen LogP contribution in [0.5, 0.6) is 0 Å². The first-order chi connectivity index (χ1) is 13.4. The Labute approximate surface area is 159 Å². The molecule has 28 heavy (non-hydrogen) atoms. The van der Waals surface area contributed by atoms with Crippen molar-refractivity contribution in [1.82, 2.24) is 0 Å². The van der Waals surface area contributed by atoms with Crippen molar-refractivity contribution in [2.24, 2.45) is 0 Å². The Balaban J connectivity index is 1.75. The molecule has 0 bridgehead atoms. The lowest BCUT2D eigenvalue weighted by atomic mass is 10.1. The smallest absolute Gasteiger partial charge is 0.306 e. The number of halogens is 1. The van der Waals surface area contributed by atoms with E-state index in [4.69, 9.17) is 0 Å². The normalized spacial score (nSPS) is 10.2. The van der Waals surface area contributed by atoms with Gasteiger partial charge in [-0.05, 0) is 42.5 Å². The maximum Gasteiger partial charge on any atom is 0.306 e. The molecule has 3 rings (SSSR count). The number of hydrogen-bond donors (Lipinski definition) is 2. The van der Waals surface area contributed by atoms with Gasteiger partial charge in [-0.3, -0.25) is 19.7 Å². The quantitative estimate of drug-likeness (QED) is 0.511. The van der Waals surface area contributed by atoms with Crippen molar-refractivity contribution in [3.63, 3.8) is 0 Å². The number of carbonyl (C=O) groups excluding carboxylic acids is 2. The molecule has 0 saturated heterocycles. The Bertz CT molecular complexity index is 1050. The van der Waals surface area contributed by atoms with Gasteiger partial charge in [-0.1, -0.05) is 24.3 Å². The Morgan fingerprint density at radius 2 is 1.39 bits per heavy atom. The van der Waals surface area contributed by atoms with E-state index in [0.717, 1.165) is 12.1 Å². The number of amides is 2. The summed E-state index contributed by atoms with van der Waals surface area (Å²) < 4.78 is 13.4. The highest BCUT2D eigenvalue weighted by Gasteiger charge is 2.16. The van der Waals surface area contributed by atoms with Gasteiger partial charge in [-0.15, -0.1) is 0 Å². The van der Waals surface area contributed by atoms with Crippen molar-refractivity contribution >= 4 is 28.9 Å².